The average Bonchev–Trinajstić information content (AvgIpc) is 2.47. The van der Waals surface area contributed by atoms with Gasteiger partial charge in [0.05, 0.1) is 11.7 Å². The normalized spacial score (nSPS) is 16.4. The molecule has 1 aliphatic heterocycles. The second-order valence-corrected chi connectivity index (χ2v) is 4.17. The summed E-state index contributed by atoms with van der Waals surface area (Å²) in [6.07, 6.45) is 0. The van der Waals surface area contributed by atoms with Gasteiger partial charge in [0.1, 0.15) is 4.88 Å². The predicted molar refractivity (Wildman–Crippen MR) is 53.4 cm³/mol. The molecule has 0 radical (unpaired) electrons. The SMILES string of the molecule is Cc1nnsc1C(=O)N(C)C1CNC1. The molecule has 0 bridgehead atoms. The molecule has 1 fully saturated rings. The van der Waals surface area contributed by atoms with Crippen molar-refractivity contribution in [2.24, 2.45) is 0 Å². The Morgan fingerprint density at radius 2 is 2.36 bits per heavy atom. The second kappa shape index (κ2) is 3.62. The molecule has 1 saturated heterocycles. The molecule has 6 heteroatoms. The number of aryl methyl sites for hydroxylation is 1. The zero-order chi connectivity index (χ0) is 10.1. The van der Waals surface area contributed by atoms with Crippen LogP contribution in [-0.4, -0.2) is 46.6 Å². The monoisotopic (exact) mass is 212 g/mol. The van der Waals surface area contributed by atoms with Gasteiger partial charge in [0.25, 0.3) is 5.91 Å². The number of hydrogen-bond acceptors (Lipinski definition) is 5. The molecule has 1 aliphatic rings. The van der Waals surface area contributed by atoms with Gasteiger partial charge in [-0.15, -0.1) is 5.10 Å². The molecule has 1 N–H and O–H groups in total. The van der Waals surface area contributed by atoms with Gasteiger partial charge in [0, 0.05) is 20.1 Å². The number of aromatic nitrogens is 2. The maximum atomic E-state index is 11.9. The van der Waals surface area contributed by atoms with E-state index >= 15 is 0 Å². The van der Waals surface area contributed by atoms with Gasteiger partial charge in [0.2, 0.25) is 0 Å². The number of rotatable bonds is 2. The van der Waals surface area contributed by atoms with E-state index in [9.17, 15) is 4.79 Å². The zero-order valence-electron chi connectivity index (χ0n) is 8.15. The third-order valence-electron chi connectivity index (χ3n) is 2.47. The molecule has 1 aromatic rings. The molecule has 0 atom stereocenters. The lowest BCUT2D eigenvalue weighted by Crippen LogP contribution is -2.57. The predicted octanol–water partition coefficient (Wildman–Crippen LogP) is -0.110. The highest BCUT2D eigenvalue weighted by Gasteiger charge is 2.27. The molecule has 0 saturated carbocycles. The summed E-state index contributed by atoms with van der Waals surface area (Å²) in [7, 11) is 1.83. The third kappa shape index (κ3) is 1.51. The number of carbonyl (C=O) groups is 1. The topological polar surface area (TPSA) is 58.1 Å². The molecule has 14 heavy (non-hydrogen) atoms. The minimum atomic E-state index is 0.0315. The lowest BCUT2D eigenvalue weighted by molar-refractivity contribution is 0.0685. The standard InChI is InChI=1S/C8H12N4OS/c1-5-7(14-11-10-5)8(13)12(2)6-3-9-4-6/h6,9H,3-4H2,1-2H3. The number of likely N-dealkylation sites (N-methyl/N-ethyl adjacent to an activating group) is 1. The Bertz CT molecular complexity index is 347. The van der Waals surface area contributed by atoms with Gasteiger partial charge in [-0.05, 0) is 18.5 Å². The molecular formula is C8H12N4OS. The molecule has 0 aromatic carbocycles. The van der Waals surface area contributed by atoms with Crippen LogP contribution in [0.2, 0.25) is 0 Å². The lowest BCUT2D eigenvalue weighted by atomic mass is 10.1. The van der Waals surface area contributed by atoms with E-state index in [-0.39, 0.29) is 5.91 Å². The molecule has 76 valence electrons. The number of carbonyl (C=O) groups excluding carboxylic acids is 1. The van der Waals surface area contributed by atoms with Crippen LogP contribution >= 0.6 is 11.5 Å². The summed E-state index contributed by atoms with van der Waals surface area (Å²) in [5.41, 5.74) is 0.721. The molecular weight excluding hydrogens is 200 g/mol. The number of nitrogens with zero attached hydrogens (tertiary/aromatic N) is 3. The fraction of sp³-hybridized carbons (Fsp3) is 0.625. The van der Waals surface area contributed by atoms with Gasteiger partial charge >= 0.3 is 0 Å². The maximum absolute atomic E-state index is 11.9. The van der Waals surface area contributed by atoms with Gasteiger partial charge in [-0.3, -0.25) is 4.79 Å². The summed E-state index contributed by atoms with van der Waals surface area (Å²) >= 11 is 1.17. The van der Waals surface area contributed by atoms with E-state index in [4.69, 9.17) is 0 Å². The molecule has 1 amide bonds. The summed E-state index contributed by atoms with van der Waals surface area (Å²) < 4.78 is 3.76. The Morgan fingerprint density at radius 1 is 1.64 bits per heavy atom. The summed E-state index contributed by atoms with van der Waals surface area (Å²) in [4.78, 5) is 14.3. The van der Waals surface area contributed by atoms with Crippen LogP contribution < -0.4 is 5.32 Å². The molecule has 0 unspecified atom stereocenters. The summed E-state index contributed by atoms with van der Waals surface area (Å²) in [6, 6.07) is 0.323. The van der Waals surface area contributed by atoms with E-state index in [1.165, 1.54) is 11.5 Å². The Morgan fingerprint density at radius 3 is 2.79 bits per heavy atom. The van der Waals surface area contributed by atoms with Crippen molar-refractivity contribution in [3.05, 3.63) is 10.6 Å². The van der Waals surface area contributed by atoms with Crippen LogP contribution in [0.1, 0.15) is 15.4 Å². The van der Waals surface area contributed by atoms with E-state index in [2.05, 4.69) is 14.9 Å². The molecule has 1 aromatic heterocycles. The Labute approximate surface area is 86.3 Å². The Kier molecular flexibility index (Phi) is 2.47. The smallest absolute Gasteiger partial charge is 0.267 e. The summed E-state index contributed by atoms with van der Waals surface area (Å²) in [6.45, 7) is 3.57. The zero-order valence-corrected chi connectivity index (χ0v) is 8.97. The largest absolute Gasteiger partial charge is 0.335 e. The van der Waals surface area contributed by atoms with Crippen molar-refractivity contribution in [3.63, 3.8) is 0 Å². The van der Waals surface area contributed by atoms with Gasteiger partial charge in [-0.1, -0.05) is 4.49 Å². The van der Waals surface area contributed by atoms with Gasteiger partial charge in [0.15, 0.2) is 0 Å². The molecule has 0 aliphatic carbocycles. The van der Waals surface area contributed by atoms with Crippen molar-refractivity contribution in [3.8, 4) is 0 Å². The fourth-order valence-electron chi connectivity index (χ4n) is 1.30. The number of amides is 1. The van der Waals surface area contributed by atoms with Crippen molar-refractivity contribution < 1.29 is 4.79 Å². The first-order valence-electron chi connectivity index (χ1n) is 4.47. The second-order valence-electron chi connectivity index (χ2n) is 3.42. The van der Waals surface area contributed by atoms with Crippen LogP contribution in [0.3, 0.4) is 0 Å². The Balaban J connectivity index is 2.11. The van der Waals surface area contributed by atoms with Crippen LogP contribution in [0.25, 0.3) is 0 Å². The lowest BCUT2D eigenvalue weighted by Gasteiger charge is -2.35. The van der Waals surface area contributed by atoms with Crippen LogP contribution in [-0.2, 0) is 0 Å². The van der Waals surface area contributed by atoms with Crippen molar-refractivity contribution >= 4 is 17.4 Å². The van der Waals surface area contributed by atoms with Crippen LogP contribution in [0.15, 0.2) is 0 Å². The molecule has 2 rings (SSSR count). The first-order valence-corrected chi connectivity index (χ1v) is 5.24. The third-order valence-corrected chi connectivity index (χ3v) is 3.29. The first-order chi connectivity index (χ1) is 6.70. The van der Waals surface area contributed by atoms with Crippen molar-refractivity contribution in [1.82, 2.24) is 19.8 Å². The van der Waals surface area contributed by atoms with Crippen LogP contribution in [0, 0.1) is 6.92 Å². The van der Waals surface area contributed by atoms with E-state index in [0.717, 1.165) is 18.8 Å². The average molecular weight is 212 g/mol. The van der Waals surface area contributed by atoms with E-state index in [1.54, 1.807) is 4.90 Å². The Hall–Kier alpha value is -1.01. The highest BCUT2D eigenvalue weighted by atomic mass is 32.1. The van der Waals surface area contributed by atoms with Crippen molar-refractivity contribution in [2.45, 2.75) is 13.0 Å². The van der Waals surface area contributed by atoms with Gasteiger partial charge < -0.3 is 10.2 Å². The number of hydrogen-bond donors (Lipinski definition) is 1. The summed E-state index contributed by atoms with van der Waals surface area (Å²) in [5, 5.41) is 6.96. The van der Waals surface area contributed by atoms with E-state index < -0.39 is 0 Å². The van der Waals surface area contributed by atoms with E-state index in [1.807, 2.05) is 14.0 Å². The minimum Gasteiger partial charge on any atom is -0.335 e. The quantitative estimate of drug-likeness (QED) is 0.743. The van der Waals surface area contributed by atoms with Crippen LogP contribution in [0.4, 0.5) is 0 Å². The molecule has 2 heterocycles. The van der Waals surface area contributed by atoms with Gasteiger partial charge in [-0.2, -0.15) is 0 Å². The molecule has 0 spiro atoms. The highest BCUT2D eigenvalue weighted by molar-refractivity contribution is 7.07. The van der Waals surface area contributed by atoms with Crippen molar-refractivity contribution in [1.29, 1.82) is 0 Å². The van der Waals surface area contributed by atoms with Crippen molar-refractivity contribution in [2.75, 3.05) is 20.1 Å². The van der Waals surface area contributed by atoms with Crippen LogP contribution in [0.5, 0.6) is 0 Å². The number of nitrogens with one attached hydrogen (secondary N) is 1. The fourth-order valence-corrected chi connectivity index (χ4v) is 1.94. The molecule has 5 nitrogen and oxygen atoms in total. The summed E-state index contributed by atoms with van der Waals surface area (Å²) in [5.74, 6) is 0.0315. The highest BCUT2D eigenvalue weighted by Crippen LogP contribution is 2.14. The maximum Gasteiger partial charge on any atom is 0.267 e. The van der Waals surface area contributed by atoms with E-state index in [0.29, 0.717) is 10.9 Å². The van der Waals surface area contributed by atoms with Gasteiger partial charge in [-0.25, -0.2) is 0 Å². The minimum absolute atomic E-state index is 0.0315. The first kappa shape index (κ1) is 9.54.